The Hall–Kier alpha value is -5.08. The highest BCUT2D eigenvalue weighted by Crippen LogP contribution is 2.35. The van der Waals surface area contributed by atoms with Gasteiger partial charge in [-0.1, -0.05) is 6.92 Å². The molecular weight excluding hydrogens is 590 g/mol. The maximum absolute atomic E-state index is 16.2. The first-order valence-electron chi connectivity index (χ1n) is 13.6. The minimum absolute atomic E-state index is 0.0869. The monoisotopic (exact) mass is 616 g/mol. The summed E-state index contributed by atoms with van der Waals surface area (Å²) in [6.45, 7) is 1.82. The number of H-pyrrole nitrogens is 2. The third kappa shape index (κ3) is 5.89. The van der Waals surface area contributed by atoms with Gasteiger partial charge in [-0.05, 0) is 60.0 Å². The molecule has 2 aromatic carbocycles. The molecule has 0 spiro atoms. The number of pyridine rings is 2. The first-order chi connectivity index (χ1) is 21.1. The zero-order valence-corrected chi connectivity index (χ0v) is 24.4. The number of anilines is 1. The van der Waals surface area contributed by atoms with Crippen LogP contribution < -0.4 is 10.0 Å². The first kappa shape index (κ1) is 29.0. The summed E-state index contributed by atoms with van der Waals surface area (Å²) < 4.78 is 56.2. The summed E-state index contributed by atoms with van der Waals surface area (Å²) in [6, 6.07) is 10.9. The molecule has 14 heteroatoms. The smallest absolute Gasteiger partial charge is 0.224 e. The highest BCUT2D eigenvalue weighted by molar-refractivity contribution is 7.88. The topological polar surface area (TPSA) is 158 Å². The number of fused-ring (bicyclic) bond motifs is 2. The lowest BCUT2D eigenvalue weighted by molar-refractivity contribution is -0.116. The number of halogens is 2. The second-order valence-corrected chi connectivity index (χ2v) is 12.1. The van der Waals surface area contributed by atoms with Gasteiger partial charge in [0, 0.05) is 42.0 Å². The lowest BCUT2D eigenvalue weighted by atomic mass is 10.0. The van der Waals surface area contributed by atoms with Crippen LogP contribution in [-0.4, -0.2) is 50.7 Å². The van der Waals surface area contributed by atoms with E-state index >= 15 is 4.39 Å². The molecule has 0 saturated heterocycles. The Morgan fingerprint density at radius 3 is 2.66 bits per heavy atom. The average Bonchev–Trinajstić information content (AvgIpc) is 3.61. The van der Waals surface area contributed by atoms with Crippen LogP contribution in [0.1, 0.15) is 25.3 Å². The van der Waals surface area contributed by atoms with Crippen molar-refractivity contribution in [2.24, 2.45) is 0 Å². The van der Waals surface area contributed by atoms with Crippen molar-refractivity contribution in [3.05, 3.63) is 78.3 Å². The molecule has 0 aliphatic rings. The number of carbonyl (C=O) groups is 1. The number of imidazole rings is 1. The van der Waals surface area contributed by atoms with Crippen LogP contribution in [0.4, 0.5) is 14.5 Å². The Balaban J connectivity index is 1.40. The van der Waals surface area contributed by atoms with Crippen molar-refractivity contribution in [1.82, 2.24) is 34.9 Å². The molecule has 0 atom stereocenters. The average molecular weight is 617 g/mol. The van der Waals surface area contributed by atoms with E-state index in [0.717, 1.165) is 6.26 Å². The maximum atomic E-state index is 16.2. The number of amides is 1. The molecule has 0 fully saturated rings. The van der Waals surface area contributed by atoms with Crippen molar-refractivity contribution in [3.8, 4) is 33.8 Å². The van der Waals surface area contributed by atoms with Crippen LogP contribution in [0.5, 0.6) is 0 Å². The molecule has 44 heavy (non-hydrogen) atoms. The summed E-state index contributed by atoms with van der Waals surface area (Å²) in [5, 5.41) is 10.1. The molecule has 1 amide bonds. The van der Waals surface area contributed by atoms with Gasteiger partial charge in [-0.25, -0.2) is 31.9 Å². The van der Waals surface area contributed by atoms with Gasteiger partial charge in [0.2, 0.25) is 15.9 Å². The fraction of sp³-hybridized carbons (Fsp3) is 0.167. The molecule has 4 N–H and O–H groups in total. The van der Waals surface area contributed by atoms with Gasteiger partial charge in [0.05, 0.1) is 34.6 Å². The molecule has 6 aromatic rings. The Kier molecular flexibility index (Phi) is 7.61. The minimum atomic E-state index is -3.48. The van der Waals surface area contributed by atoms with E-state index in [2.05, 4.69) is 40.2 Å². The Bertz CT molecular complexity index is 2160. The molecule has 0 bridgehead atoms. The second kappa shape index (κ2) is 11.5. The maximum Gasteiger partial charge on any atom is 0.224 e. The minimum Gasteiger partial charge on any atom is -0.335 e. The molecule has 0 radical (unpaired) electrons. The van der Waals surface area contributed by atoms with E-state index in [1.165, 1.54) is 30.7 Å². The number of aromatic nitrogens is 6. The van der Waals surface area contributed by atoms with Crippen LogP contribution in [0.25, 0.3) is 55.8 Å². The molecule has 0 aliphatic heterocycles. The van der Waals surface area contributed by atoms with Gasteiger partial charge in [-0.15, -0.1) is 0 Å². The zero-order chi connectivity index (χ0) is 31.0. The lowest BCUT2D eigenvalue weighted by Gasteiger charge is -2.08. The molecule has 224 valence electrons. The number of rotatable bonds is 9. The van der Waals surface area contributed by atoms with Gasteiger partial charge >= 0.3 is 0 Å². The summed E-state index contributed by atoms with van der Waals surface area (Å²) in [7, 11) is -3.48. The molecule has 0 unspecified atom stereocenters. The molecule has 4 aromatic heterocycles. The van der Waals surface area contributed by atoms with Crippen molar-refractivity contribution in [2.75, 3.05) is 11.6 Å². The highest BCUT2D eigenvalue weighted by atomic mass is 32.2. The number of benzene rings is 2. The van der Waals surface area contributed by atoms with Crippen LogP contribution in [0.3, 0.4) is 0 Å². The third-order valence-corrected chi connectivity index (χ3v) is 7.57. The molecule has 6 rings (SSSR count). The number of nitrogens with one attached hydrogen (secondary N) is 4. The third-order valence-electron chi connectivity index (χ3n) is 6.90. The first-order valence-corrected chi connectivity index (χ1v) is 15.5. The standard InChI is InChI=1S/C30H26F2N8O3S/c1-3-4-24(41)36-20-12-18(14-33-15-20)21-5-6-23-25(26(21)32)28(40-39-23)30-37-27-22(7-8-34-29(27)38-30)17-9-16(10-19(31)11-17)13-35-44(2,42)43/h5-12,14-15,35H,3-4,13H2,1-2H3,(H,36,41)(H,39,40)(H,34,37,38). The molecule has 0 saturated carbocycles. The van der Waals surface area contributed by atoms with Gasteiger partial charge in [-0.2, -0.15) is 5.10 Å². The van der Waals surface area contributed by atoms with E-state index < -0.39 is 21.7 Å². The lowest BCUT2D eigenvalue weighted by Crippen LogP contribution is -2.21. The van der Waals surface area contributed by atoms with E-state index in [9.17, 15) is 17.6 Å². The quantitative estimate of drug-likeness (QED) is 0.172. The molecule has 11 nitrogen and oxygen atoms in total. The van der Waals surface area contributed by atoms with E-state index in [1.807, 2.05) is 6.92 Å². The van der Waals surface area contributed by atoms with Crippen molar-refractivity contribution < 1.29 is 22.0 Å². The number of sulfonamides is 1. The van der Waals surface area contributed by atoms with E-state index in [0.29, 0.717) is 57.5 Å². The number of aromatic amines is 2. The largest absolute Gasteiger partial charge is 0.335 e. The van der Waals surface area contributed by atoms with Crippen LogP contribution in [0.15, 0.2) is 61.1 Å². The fourth-order valence-corrected chi connectivity index (χ4v) is 5.39. The number of hydrogen-bond acceptors (Lipinski definition) is 7. The SMILES string of the molecule is CCCC(=O)Nc1cncc(-c2ccc3[nH]nc(-c4nc5nccc(-c6cc(F)cc(CNS(C)(=O)=O)c6)c5[nH]4)c3c2F)c1. The fourth-order valence-electron chi connectivity index (χ4n) is 4.96. The van der Waals surface area contributed by atoms with Crippen molar-refractivity contribution in [2.45, 2.75) is 26.3 Å². The predicted molar refractivity (Wildman–Crippen MR) is 163 cm³/mol. The second-order valence-electron chi connectivity index (χ2n) is 10.3. The summed E-state index contributed by atoms with van der Waals surface area (Å²) >= 11 is 0. The molecule has 0 aliphatic carbocycles. The van der Waals surface area contributed by atoms with Crippen LogP contribution >= 0.6 is 0 Å². The Labute approximate surface area is 250 Å². The van der Waals surface area contributed by atoms with E-state index in [4.69, 9.17) is 0 Å². The predicted octanol–water partition coefficient (Wildman–Crippen LogP) is 5.30. The number of hydrogen-bond donors (Lipinski definition) is 4. The van der Waals surface area contributed by atoms with E-state index in [1.54, 1.807) is 30.3 Å². The van der Waals surface area contributed by atoms with Crippen LogP contribution in [0.2, 0.25) is 0 Å². The molecular formula is C30H26F2N8O3S. The summed E-state index contributed by atoms with van der Waals surface area (Å²) in [4.78, 5) is 28.3. The van der Waals surface area contributed by atoms with E-state index in [-0.39, 0.29) is 34.9 Å². The number of carbonyl (C=O) groups excluding carboxylic acids is 1. The van der Waals surface area contributed by atoms with Gasteiger partial charge in [0.15, 0.2) is 11.5 Å². The van der Waals surface area contributed by atoms with Crippen molar-refractivity contribution >= 4 is 43.7 Å². The van der Waals surface area contributed by atoms with Crippen LogP contribution in [0, 0.1) is 11.6 Å². The van der Waals surface area contributed by atoms with Gasteiger partial charge in [0.25, 0.3) is 0 Å². The summed E-state index contributed by atoms with van der Waals surface area (Å²) in [5.74, 6) is -1.03. The zero-order valence-electron chi connectivity index (χ0n) is 23.6. The van der Waals surface area contributed by atoms with Crippen LogP contribution in [-0.2, 0) is 21.4 Å². The van der Waals surface area contributed by atoms with Crippen molar-refractivity contribution in [3.63, 3.8) is 0 Å². The van der Waals surface area contributed by atoms with Gasteiger partial charge in [-0.3, -0.25) is 14.9 Å². The summed E-state index contributed by atoms with van der Waals surface area (Å²) in [6.07, 6.45) is 6.60. The Morgan fingerprint density at radius 1 is 1.02 bits per heavy atom. The summed E-state index contributed by atoms with van der Waals surface area (Å²) in [5.41, 5.74) is 4.02. The molecule has 4 heterocycles. The van der Waals surface area contributed by atoms with Gasteiger partial charge < -0.3 is 10.3 Å². The normalized spacial score (nSPS) is 11.8. The van der Waals surface area contributed by atoms with Gasteiger partial charge in [0.1, 0.15) is 17.3 Å². The van der Waals surface area contributed by atoms with Crippen molar-refractivity contribution in [1.29, 1.82) is 0 Å². The number of nitrogens with zero attached hydrogens (tertiary/aromatic N) is 4. The highest BCUT2D eigenvalue weighted by Gasteiger charge is 2.21. The Morgan fingerprint density at radius 2 is 1.86 bits per heavy atom.